The summed E-state index contributed by atoms with van der Waals surface area (Å²) >= 11 is 6.10. The second-order valence-electron chi connectivity index (χ2n) is 5.89. The Labute approximate surface area is 139 Å². The van der Waals surface area contributed by atoms with Gasteiger partial charge in [0.2, 0.25) is 5.89 Å². The van der Waals surface area contributed by atoms with Crippen molar-refractivity contribution in [2.45, 2.75) is 12.6 Å². The number of nitrogens with zero attached hydrogens (tertiary/aromatic N) is 4. The zero-order chi connectivity index (χ0) is 15.8. The van der Waals surface area contributed by atoms with E-state index in [2.05, 4.69) is 38.0 Å². The fourth-order valence-electron chi connectivity index (χ4n) is 3.00. The molecule has 1 aliphatic heterocycles. The number of aromatic nitrogens is 3. The molecule has 1 atom stereocenters. The summed E-state index contributed by atoms with van der Waals surface area (Å²) in [7, 11) is 2.09. The number of fused-ring (bicyclic) bond motifs is 1. The second-order valence-corrected chi connectivity index (χ2v) is 6.33. The molecule has 2 aromatic heterocycles. The highest BCUT2D eigenvalue weighted by Gasteiger charge is 2.25. The van der Waals surface area contributed by atoms with Gasteiger partial charge < -0.3 is 14.4 Å². The third-order valence-corrected chi connectivity index (χ3v) is 4.57. The van der Waals surface area contributed by atoms with Crippen molar-refractivity contribution in [1.82, 2.24) is 24.9 Å². The molecule has 1 fully saturated rings. The van der Waals surface area contributed by atoms with Crippen molar-refractivity contribution in [3.63, 3.8) is 0 Å². The van der Waals surface area contributed by atoms with E-state index < -0.39 is 0 Å². The number of hydrogen-bond acceptors (Lipinski definition) is 5. The molecule has 0 bridgehead atoms. The van der Waals surface area contributed by atoms with Gasteiger partial charge in [-0.25, -0.2) is 0 Å². The SMILES string of the molecule is CN1CCNCC1c1noc(Cn2ccc3ccc(Cl)cc32)n1. The Bertz CT molecular complexity index is 827. The molecule has 0 amide bonds. The fraction of sp³-hybridized carbons (Fsp3) is 0.375. The van der Waals surface area contributed by atoms with Crippen LogP contribution in [0.25, 0.3) is 10.9 Å². The monoisotopic (exact) mass is 331 g/mol. The fourth-order valence-corrected chi connectivity index (χ4v) is 3.17. The van der Waals surface area contributed by atoms with Crippen LogP contribution in [0.5, 0.6) is 0 Å². The minimum atomic E-state index is 0.164. The average Bonchev–Trinajstić information content (AvgIpc) is 3.16. The van der Waals surface area contributed by atoms with Crippen LogP contribution in [0.1, 0.15) is 17.8 Å². The van der Waals surface area contributed by atoms with Crippen LogP contribution < -0.4 is 5.32 Å². The number of rotatable bonds is 3. The summed E-state index contributed by atoms with van der Waals surface area (Å²) in [4.78, 5) is 6.82. The molecular weight excluding hydrogens is 314 g/mol. The summed E-state index contributed by atoms with van der Waals surface area (Å²) in [5.41, 5.74) is 1.06. The van der Waals surface area contributed by atoms with Crippen LogP contribution in [0.4, 0.5) is 0 Å². The molecule has 7 heteroatoms. The average molecular weight is 332 g/mol. The zero-order valence-electron chi connectivity index (χ0n) is 12.9. The first kappa shape index (κ1) is 14.7. The van der Waals surface area contributed by atoms with Gasteiger partial charge in [0.05, 0.1) is 6.04 Å². The van der Waals surface area contributed by atoms with Crippen molar-refractivity contribution < 1.29 is 4.52 Å². The lowest BCUT2D eigenvalue weighted by atomic mass is 10.2. The Morgan fingerprint density at radius 1 is 1.39 bits per heavy atom. The number of halogens is 1. The lowest BCUT2D eigenvalue weighted by Gasteiger charge is -2.30. The van der Waals surface area contributed by atoms with Crippen LogP contribution in [0.2, 0.25) is 5.02 Å². The summed E-state index contributed by atoms with van der Waals surface area (Å²) in [6.45, 7) is 3.36. The molecule has 3 aromatic rings. The van der Waals surface area contributed by atoms with E-state index in [0.29, 0.717) is 12.4 Å². The molecule has 23 heavy (non-hydrogen) atoms. The first-order valence-corrected chi connectivity index (χ1v) is 8.06. The number of piperazine rings is 1. The molecule has 0 saturated carbocycles. The lowest BCUT2D eigenvalue weighted by Crippen LogP contribution is -2.44. The Morgan fingerprint density at radius 2 is 2.30 bits per heavy atom. The maximum absolute atomic E-state index is 6.10. The Kier molecular flexibility index (Phi) is 3.80. The highest BCUT2D eigenvalue weighted by Crippen LogP contribution is 2.22. The molecule has 3 heterocycles. The van der Waals surface area contributed by atoms with Crippen LogP contribution in [0.3, 0.4) is 0 Å². The molecule has 1 saturated heterocycles. The van der Waals surface area contributed by atoms with E-state index >= 15 is 0 Å². The summed E-state index contributed by atoms with van der Waals surface area (Å²) in [5.74, 6) is 1.35. The van der Waals surface area contributed by atoms with Gasteiger partial charge in [0.1, 0.15) is 6.54 Å². The third kappa shape index (κ3) is 2.85. The van der Waals surface area contributed by atoms with E-state index in [4.69, 9.17) is 16.1 Å². The second kappa shape index (κ2) is 5.96. The van der Waals surface area contributed by atoms with Crippen molar-refractivity contribution in [2.24, 2.45) is 0 Å². The van der Waals surface area contributed by atoms with Gasteiger partial charge in [0.25, 0.3) is 0 Å². The Balaban J connectivity index is 1.58. The van der Waals surface area contributed by atoms with E-state index in [1.807, 2.05) is 24.4 Å². The molecule has 1 aromatic carbocycles. The van der Waals surface area contributed by atoms with Crippen LogP contribution >= 0.6 is 11.6 Å². The quantitative estimate of drug-likeness (QED) is 0.798. The van der Waals surface area contributed by atoms with E-state index in [1.54, 1.807) is 0 Å². The van der Waals surface area contributed by atoms with Crippen molar-refractivity contribution in [3.05, 3.63) is 47.2 Å². The van der Waals surface area contributed by atoms with Gasteiger partial charge >= 0.3 is 0 Å². The standard InChI is InChI=1S/C16H18ClN5O/c1-21-7-5-18-9-14(21)16-19-15(23-20-16)10-22-6-4-11-2-3-12(17)8-13(11)22/h2-4,6,8,14,18H,5,7,9-10H2,1H3. The summed E-state index contributed by atoms with van der Waals surface area (Å²) in [5, 5.41) is 9.39. The van der Waals surface area contributed by atoms with Gasteiger partial charge in [-0.15, -0.1) is 0 Å². The third-order valence-electron chi connectivity index (χ3n) is 4.33. The lowest BCUT2D eigenvalue weighted by molar-refractivity contribution is 0.190. The molecule has 1 N–H and O–H groups in total. The Morgan fingerprint density at radius 3 is 3.17 bits per heavy atom. The maximum Gasteiger partial charge on any atom is 0.246 e. The Hall–Kier alpha value is -1.89. The molecule has 4 rings (SSSR count). The van der Waals surface area contributed by atoms with Crippen molar-refractivity contribution >= 4 is 22.5 Å². The smallest absolute Gasteiger partial charge is 0.246 e. The number of hydrogen-bond donors (Lipinski definition) is 1. The molecular formula is C16H18ClN5O. The highest BCUT2D eigenvalue weighted by atomic mass is 35.5. The van der Waals surface area contributed by atoms with Crippen molar-refractivity contribution in [1.29, 1.82) is 0 Å². The minimum Gasteiger partial charge on any atom is -0.338 e. The van der Waals surface area contributed by atoms with Crippen LogP contribution in [0.15, 0.2) is 35.0 Å². The predicted octanol–water partition coefficient (Wildman–Crippen LogP) is 2.30. The van der Waals surface area contributed by atoms with Gasteiger partial charge in [-0.2, -0.15) is 4.98 Å². The van der Waals surface area contributed by atoms with E-state index in [9.17, 15) is 0 Å². The van der Waals surface area contributed by atoms with Gasteiger partial charge in [-0.1, -0.05) is 22.8 Å². The minimum absolute atomic E-state index is 0.164. The van der Waals surface area contributed by atoms with E-state index in [-0.39, 0.29) is 6.04 Å². The molecule has 0 radical (unpaired) electrons. The normalized spacial score (nSPS) is 19.5. The maximum atomic E-state index is 6.10. The molecule has 0 spiro atoms. The topological polar surface area (TPSA) is 59.1 Å². The first-order valence-electron chi connectivity index (χ1n) is 7.68. The molecule has 6 nitrogen and oxygen atoms in total. The van der Waals surface area contributed by atoms with Gasteiger partial charge in [0, 0.05) is 36.4 Å². The van der Waals surface area contributed by atoms with Gasteiger partial charge in [-0.3, -0.25) is 4.90 Å². The largest absolute Gasteiger partial charge is 0.338 e. The van der Waals surface area contributed by atoms with Gasteiger partial charge in [-0.05, 0) is 30.6 Å². The van der Waals surface area contributed by atoms with Crippen molar-refractivity contribution in [2.75, 3.05) is 26.7 Å². The summed E-state index contributed by atoms with van der Waals surface area (Å²) in [6, 6.07) is 8.08. The summed E-state index contributed by atoms with van der Waals surface area (Å²) < 4.78 is 7.52. The van der Waals surface area contributed by atoms with Crippen molar-refractivity contribution in [3.8, 4) is 0 Å². The number of nitrogens with one attached hydrogen (secondary N) is 1. The highest BCUT2D eigenvalue weighted by molar-refractivity contribution is 6.31. The van der Waals surface area contributed by atoms with Crippen LogP contribution in [-0.4, -0.2) is 46.3 Å². The van der Waals surface area contributed by atoms with Crippen LogP contribution in [0, 0.1) is 0 Å². The summed E-state index contributed by atoms with van der Waals surface area (Å²) in [6.07, 6.45) is 2.01. The molecule has 1 unspecified atom stereocenters. The van der Waals surface area contributed by atoms with Gasteiger partial charge in [0.15, 0.2) is 5.82 Å². The molecule has 1 aliphatic rings. The van der Waals surface area contributed by atoms with E-state index in [0.717, 1.165) is 41.4 Å². The van der Waals surface area contributed by atoms with Crippen LogP contribution in [-0.2, 0) is 6.54 Å². The first-order chi connectivity index (χ1) is 11.2. The predicted molar refractivity (Wildman–Crippen MR) is 88.6 cm³/mol. The number of likely N-dealkylation sites (N-methyl/N-ethyl adjacent to an activating group) is 1. The number of benzene rings is 1. The molecule has 120 valence electrons. The molecule has 0 aliphatic carbocycles. The van der Waals surface area contributed by atoms with E-state index in [1.165, 1.54) is 0 Å². The zero-order valence-corrected chi connectivity index (χ0v) is 13.6.